The number of hydrogen-bond acceptors (Lipinski definition) is 7. The normalized spacial score (nSPS) is 12.1. The maximum atomic E-state index is 13.1. The van der Waals surface area contributed by atoms with E-state index in [4.69, 9.17) is 14.6 Å². The summed E-state index contributed by atoms with van der Waals surface area (Å²) in [4.78, 5) is 28.9. The highest BCUT2D eigenvalue weighted by molar-refractivity contribution is 9.10. The summed E-state index contributed by atoms with van der Waals surface area (Å²) in [6.07, 6.45) is -7.54. The first kappa shape index (κ1) is 36.9. The second-order valence-electron chi connectivity index (χ2n) is 10.3. The Morgan fingerprint density at radius 2 is 1.53 bits per heavy atom. The number of alkyl halides is 6. The number of sulfonamides is 1. The SMILES string of the molecule is COc1cc(OC(F)(F)F)cc(C(C)(C)c2cc(Br)cc(NC(=O)c3cc4cc(NS(C)(=O)=O)ncc4[nH]3)c2)c1.O=C(O)C(F)(F)F. The summed E-state index contributed by atoms with van der Waals surface area (Å²) in [5.74, 6) is -3.34. The minimum Gasteiger partial charge on any atom is -0.497 e. The topological polar surface area (TPSA) is 160 Å². The van der Waals surface area contributed by atoms with Gasteiger partial charge in [-0.05, 0) is 53.6 Å². The third-order valence-corrected chi connectivity index (χ3v) is 7.27. The van der Waals surface area contributed by atoms with Gasteiger partial charge in [0.25, 0.3) is 5.91 Å². The molecule has 47 heavy (non-hydrogen) atoms. The van der Waals surface area contributed by atoms with Crippen LogP contribution in [-0.2, 0) is 20.2 Å². The fraction of sp³-hybridized carbons (Fsp3) is 0.250. The fourth-order valence-electron chi connectivity index (χ4n) is 4.03. The molecule has 0 fully saturated rings. The first-order chi connectivity index (χ1) is 21.5. The van der Waals surface area contributed by atoms with Gasteiger partial charge in [0, 0.05) is 27.0 Å². The average molecular weight is 755 g/mol. The number of carboxylic acids is 1. The molecule has 0 aliphatic rings. The van der Waals surface area contributed by atoms with E-state index in [9.17, 15) is 39.6 Å². The van der Waals surface area contributed by atoms with Gasteiger partial charge in [0.15, 0.2) is 0 Å². The van der Waals surface area contributed by atoms with Crippen molar-refractivity contribution in [2.75, 3.05) is 23.4 Å². The number of anilines is 2. The smallest absolute Gasteiger partial charge is 0.497 e. The van der Waals surface area contributed by atoms with Gasteiger partial charge in [0.05, 0.1) is 25.1 Å². The summed E-state index contributed by atoms with van der Waals surface area (Å²) in [5, 5.41) is 10.5. The van der Waals surface area contributed by atoms with Crippen molar-refractivity contribution in [3.8, 4) is 11.5 Å². The van der Waals surface area contributed by atoms with Crippen molar-refractivity contribution in [1.82, 2.24) is 9.97 Å². The fourth-order valence-corrected chi connectivity index (χ4v) is 5.02. The number of amides is 1. The molecule has 0 bridgehead atoms. The van der Waals surface area contributed by atoms with Gasteiger partial charge >= 0.3 is 18.5 Å². The van der Waals surface area contributed by atoms with Crippen LogP contribution in [0.15, 0.2) is 59.2 Å². The summed E-state index contributed by atoms with van der Waals surface area (Å²) >= 11 is 3.44. The number of nitrogens with zero attached hydrogens (tertiary/aromatic N) is 1. The zero-order chi connectivity index (χ0) is 35.5. The van der Waals surface area contributed by atoms with Crippen LogP contribution in [0.1, 0.15) is 35.5 Å². The van der Waals surface area contributed by atoms with Crippen LogP contribution < -0.4 is 19.5 Å². The zero-order valence-electron chi connectivity index (χ0n) is 24.6. The molecule has 0 saturated carbocycles. The predicted octanol–water partition coefficient (Wildman–Crippen LogP) is 6.82. The summed E-state index contributed by atoms with van der Waals surface area (Å²) in [7, 11) is -2.17. The molecule has 2 heterocycles. The largest absolute Gasteiger partial charge is 0.573 e. The van der Waals surface area contributed by atoms with E-state index in [1.54, 1.807) is 30.3 Å². The molecular weight excluding hydrogens is 730 g/mol. The zero-order valence-corrected chi connectivity index (χ0v) is 27.0. The number of nitrogens with one attached hydrogen (secondary N) is 3. The van der Waals surface area contributed by atoms with Crippen molar-refractivity contribution in [3.05, 3.63) is 76.0 Å². The van der Waals surface area contributed by atoms with Crippen LogP contribution in [0.25, 0.3) is 10.9 Å². The van der Waals surface area contributed by atoms with E-state index in [0.717, 1.165) is 12.3 Å². The highest BCUT2D eigenvalue weighted by atomic mass is 79.9. The Bertz CT molecular complexity index is 1910. The van der Waals surface area contributed by atoms with Crippen LogP contribution in [-0.4, -0.2) is 61.3 Å². The van der Waals surface area contributed by atoms with E-state index in [1.165, 1.54) is 25.4 Å². The molecule has 19 heteroatoms. The lowest BCUT2D eigenvalue weighted by atomic mass is 9.78. The molecule has 4 aromatic rings. The molecule has 11 nitrogen and oxygen atoms in total. The Morgan fingerprint density at radius 1 is 0.936 bits per heavy atom. The third-order valence-electron chi connectivity index (χ3n) is 6.23. The number of hydrogen-bond donors (Lipinski definition) is 4. The first-order valence-corrected chi connectivity index (χ1v) is 15.5. The summed E-state index contributed by atoms with van der Waals surface area (Å²) in [5.41, 5.74) is 1.49. The van der Waals surface area contributed by atoms with Gasteiger partial charge in [-0.15, -0.1) is 13.2 Å². The maximum absolute atomic E-state index is 13.1. The molecule has 0 atom stereocenters. The lowest BCUT2D eigenvalue weighted by Crippen LogP contribution is -2.21. The number of aromatic amines is 1. The Balaban J connectivity index is 0.000000771. The Kier molecular flexibility index (Phi) is 10.8. The monoisotopic (exact) mass is 754 g/mol. The number of benzene rings is 2. The summed E-state index contributed by atoms with van der Waals surface area (Å²) in [6, 6.07) is 12.3. The number of aromatic nitrogens is 2. The summed E-state index contributed by atoms with van der Waals surface area (Å²) in [6.45, 7) is 3.64. The van der Waals surface area contributed by atoms with E-state index < -0.39 is 45.6 Å². The van der Waals surface area contributed by atoms with Gasteiger partial charge < -0.3 is 24.9 Å². The molecule has 0 aliphatic heterocycles. The molecule has 2 aromatic carbocycles. The molecule has 0 spiro atoms. The van der Waals surface area contributed by atoms with Crippen LogP contribution in [0.2, 0.25) is 0 Å². The van der Waals surface area contributed by atoms with Crippen molar-refractivity contribution in [2.45, 2.75) is 31.8 Å². The molecule has 0 saturated heterocycles. The number of H-pyrrole nitrogens is 1. The number of aliphatic carboxylic acids is 1. The van der Waals surface area contributed by atoms with Gasteiger partial charge in [-0.1, -0.05) is 29.8 Å². The van der Waals surface area contributed by atoms with E-state index in [0.29, 0.717) is 32.2 Å². The van der Waals surface area contributed by atoms with Gasteiger partial charge in [0.2, 0.25) is 10.0 Å². The number of methoxy groups -OCH3 is 1. The Hall–Kier alpha value is -4.52. The van der Waals surface area contributed by atoms with Crippen LogP contribution in [0.3, 0.4) is 0 Å². The van der Waals surface area contributed by atoms with Crippen molar-refractivity contribution in [2.24, 2.45) is 0 Å². The molecule has 1 amide bonds. The van der Waals surface area contributed by atoms with Crippen LogP contribution in [0, 0.1) is 0 Å². The first-order valence-electron chi connectivity index (χ1n) is 12.8. The number of halogens is 7. The van der Waals surface area contributed by atoms with Crippen LogP contribution >= 0.6 is 15.9 Å². The van der Waals surface area contributed by atoms with Crippen molar-refractivity contribution in [1.29, 1.82) is 0 Å². The van der Waals surface area contributed by atoms with Crippen LogP contribution in [0.4, 0.5) is 37.8 Å². The Morgan fingerprint density at radius 3 is 2.09 bits per heavy atom. The third kappa shape index (κ3) is 10.5. The number of carbonyl (C=O) groups excluding carboxylic acids is 1. The van der Waals surface area contributed by atoms with E-state index in [1.807, 2.05) is 13.8 Å². The van der Waals surface area contributed by atoms with E-state index in [-0.39, 0.29) is 17.3 Å². The number of carboxylic acid groups (broad SMARTS) is 1. The van der Waals surface area contributed by atoms with Crippen molar-refractivity contribution >= 4 is 60.2 Å². The predicted molar refractivity (Wildman–Crippen MR) is 162 cm³/mol. The van der Waals surface area contributed by atoms with Crippen LogP contribution in [0.5, 0.6) is 11.5 Å². The highest BCUT2D eigenvalue weighted by Gasteiger charge is 2.38. The number of rotatable bonds is 8. The molecule has 0 radical (unpaired) electrons. The molecule has 254 valence electrons. The second kappa shape index (κ2) is 13.7. The molecular formula is C28H25BrF6N4O7S. The van der Waals surface area contributed by atoms with Crippen molar-refractivity contribution in [3.63, 3.8) is 0 Å². The second-order valence-corrected chi connectivity index (χ2v) is 12.9. The average Bonchev–Trinajstić information content (AvgIpc) is 3.34. The molecule has 0 unspecified atom stereocenters. The minimum absolute atomic E-state index is 0.112. The Labute approximate surface area is 271 Å². The molecule has 0 aliphatic carbocycles. The molecule has 4 N–H and O–H groups in total. The van der Waals surface area contributed by atoms with E-state index in [2.05, 4.69) is 40.7 Å². The number of carbonyl (C=O) groups is 2. The molecule has 4 rings (SSSR count). The number of fused-ring (bicyclic) bond motifs is 1. The van der Waals surface area contributed by atoms with Gasteiger partial charge in [-0.2, -0.15) is 13.2 Å². The number of pyridine rings is 1. The van der Waals surface area contributed by atoms with E-state index >= 15 is 0 Å². The van der Waals surface area contributed by atoms with Gasteiger partial charge in [-0.3, -0.25) is 9.52 Å². The minimum atomic E-state index is -5.08. The number of ether oxygens (including phenoxy) is 2. The lowest BCUT2D eigenvalue weighted by molar-refractivity contribution is -0.274. The highest BCUT2D eigenvalue weighted by Crippen LogP contribution is 2.39. The lowest BCUT2D eigenvalue weighted by Gasteiger charge is -2.28. The summed E-state index contributed by atoms with van der Waals surface area (Å²) < 4.78 is 106. The van der Waals surface area contributed by atoms with Crippen molar-refractivity contribution < 1.29 is 58.9 Å². The standard InChI is InChI=1S/C26H24BrF3N4O5S.C2HF3O2/c1-25(2,16-9-19(38-3)12-20(10-16)39-26(28,29)30)15-7-17(27)11-18(8-15)32-24(35)21-5-14-6-23(34-40(4,36)37)31-13-22(14)33-21;3-2(4,5)1(6)7/h5-13,33H,1-4H3,(H,31,34)(H,32,35);(H,6,7). The van der Waals surface area contributed by atoms with Gasteiger partial charge in [-0.25, -0.2) is 18.2 Å². The maximum Gasteiger partial charge on any atom is 0.573 e. The quantitative estimate of drug-likeness (QED) is 0.143. The molecule has 2 aromatic heterocycles. The van der Waals surface area contributed by atoms with Gasteiger partial charge in [0.1, 0.15) is 23.0 Å².